The molecule has 25 heavy (non-hydrogen) atoms. The van der Waals surface area contributed by atoms with Crippen LogP contribution in [0.2, 0.25) is 0 Å². The lowest BCUT2D eigenvalue weighted by atomic mass is 9.99. The number of piperidine rings is 1. The lowest BCUT2D eigenvalue weighted by molar-refractivity contribution is -0.123. The molecule has 0 bridgehead atoms. The number of ether oxygens (including phenoxy) is 1. The summed E-state index contributed by atoms with van der Waals surface area (Å²) in [5, 5.41) is 5.83. The summed E-state index contributed by atoms with van der Waals surface area (Å²) in [6.07, 6.45) is 2.82. The highest BCUT2D eigenvalue weighted by Crippen LogP contribution is 2.15. The van der Waals surface area contributed by atoms with Gasteiger partial charge in [0, 0.05) is 30.3 Å². The third-order valence-electron chi connectivity index (χ3n) is 4.22. The van der Waals surface area contributed by atoms with Crippen LogP contribution in [-0.2, 0) is 11.4 Å². The molecular formula is C19H21N3O3. The maximum Gasteiger partial charge on any atom is 0.251 e. The summed E-state index contributed by atoms with van der Waals surface area (Å²) in [6.45, 7) is 2.28. The van der Waals surface area contributed by atoms with Crippen molar-refractivity contribution in [2.75, 3.05) is 0 Å². The average molecular weight is 339 g/mol. The summed E-state index contributed by atoms with van der Waals surface area (Å²) < 4.78 is 5.66. The van der Waals surface area contributed by atoms with Gasteiger partial charge in [-0.3, -0.25) is 14.6 Å². The summed E-state index contributed by atoms with van der Waals surface area (Å²) in [7, 11) is 0. The number of nitrogens with zero attached hydrogens (tertiary/aromatic N) is 1. The maximum absolute atomic E-state index is 12.4. The second-order valence-corrected chi connectivity index (χ2v) is 6.11. The van der Waals surface area contributed by atoms with Gasteiger partial charge in [-0.25, -0.2) is 0 Å². The van der Waals surface area contributed by atoms with E-state index in [0.29, 0.717) is 30.8 Å². The van der Waals surface area contributed by atoms with Crippen molar-refractivity contribution in [3.63, 3.8) is 0 Å². The summed E-state index contributed by atoms with van der Waals surface area (Å²) in [4.78, 5) is 27.9. The number of pyridine rings is 1. The Morgan fingerprint density at radius 1 is 1.28 bits per heavy atom. The largest absolute Gasteiger partial charge is 0.487 e. The fourth-order valence-corrected chi connectivity index (χ4v) is 2.76. The zero-order chi connectivity index (χ0) is 17.6. The molecule has 1 aliphatic heterocycles. The van der Waals surface area contributed by atoms with E-state index < -0.39 is 0 Å². The van der Waals surface area contributed by atoms with E-state index in [1.54, 1.807) is 30.5 Å². The molecule has 1 aliphatic rings. The Morgan fingerprint density at radius 3 is 2.76 bits per heavy atom. The van der Waals surface area contributed by atoms with E-state index in [1.165, 1.54) is 0 Å². The van der Waals surface area contributed by atoms with Gasteiger partial charge >= 0.3 is 0 Å². The third-order valence-corrected chi connectivity index (χ3v) is 4.22. The number of aromatic nitrogens is 1. The lowest BCUT2D eigenvalue weighted by Gasteiger charge is -2.30. The van der Waals surface area contributed by atoms with Crippen LogP contribution in [0, 0.1) is 0 Å². The van der Waals surface area contributed by atoms with E-state index in [-0.39, 0.29) is 23.9 Å². The molecule has 1 aromatic carbocycles. The van der Waals surface area contributed by atoms with Crippen molar-refractivity contribution in [1.82, 2.24) is 15.6 Å². The van der Waals surface area contributed by atoms with Gasteiger partial charge < -0.3 is 15.4 Å². The van der Waals surface area contributed by atoms with Crippen LogP contribution in [0.15, 0.2) is 48.7 Å². The van der Waals surface area contributed by atoms with Crippen LogP contribution in [0.25, 0.3) is 0 Å². The molecule has 1 aromatic heterocycles. The lowest BCUT2D eigenvalue weighted by Crippen LogP contribution is -2.53. The highest BCUT2D eigenvalue weighted by Gasteiger charge is 2.26. The minimum absolute atomic E-state index is 0.0346. The third kappa shape index (κ3) is 4.56. The number of rotatable bonds is 5. The number of carbonyl (C=O) groups excluding carboxylic acids is 2. The first-order chi connectivity index (χ1) is 12.1. The first kappa shape index (κ1) is 17.0. The molecule has 6 heteroatoms. The Kier molecular flexibility index (Phi) is 5.28. The Hall–Kier alpha value is -2.89. The van der Waals surface area contributed by atoms with Crippen molar-refractivity contribution in [3.05, 3.63) is 59.9 Å². The van der Waals surface area contributed by atoms with Gasteiger partial charge in [0.05, 0.1) is 5.69 Å². The van der Waals surface area contributed by atoms with Gasteiger partial charge in [0.2, 0.25) is 5.91 Å². The Morgan fingerprint density at radius 2 is 2.08 bits per heavy atom. The first-order valence-corrected chi connectivity index (χ1v) is 8.35. The van der Waals surface area contributed by atoms with E-state index in [0.717, 1.165) is 5.69 Å². The molecule has 2 N–H and O–H groups in total. The van der Waals surface area contributed by atoms with Gasteiger partial charge in [-0.2, -0.15) is 0 Å². The summed E-state index contributed by atoms with van der Waals surface area (Å²) in [6, 6.07) is 12.5. The van der Waals surface area contributed by atoms with Crippen LogP contribution < -0.4 is 15.4 Å². The van der Waals surface area contributed by atoms with E-state index in [4.69, 9.17) is 4.74 Å². The molecule has 0 spiro atoms. The molecule has 0 saturated carbocycles. The van der Waals surface area contributed by atoms with Gasteiger partial charge in [0.25, 0.3) is 5.91 Å². The average Bonchev–Trinajstić information content (AvgIpc) is 2.63. The minimum atomic E-state index is -0.149. The Balaban J connectivity index is 1.54. The van der Waals surface area contributed by atoms with Gasteiger partial charge in [-0.15, -0.1) is 0 Å². The molecule has 2 atom stereocenters. The van der Waals surface area contributed by atoms with Gasteiger partial charge in [-0.05, 0) is 49.7 Å². The number of hydrogen-bond donors (Lipinski definition) is 2. The number of nitrogens with one attached hydrogen (secondary N) is 2. The maximum atomic E-state index is 12.4. The molecule has 1 fully saturated rings. The SMILES string of the molecule is CC1NC(=O)CCC1NC(=O)c1ccc(OCc2ccccn2)cc1. The minimum Gasteiger partial charge on any atom is -0.487 e. The Labute approximate surface area is 146 Å². The highest BCUT2D eigenvalue weighted by atomic mass is 16.5. The quantitative estimate of drug-likeness (QED) is 0.874. The monoisotopic (exact) mass is 339 g/mol. The van der Waals surface area contributed by atoms with Crippen LogP contribution in [0.3, 0.4) is 0 Å². The molecule has 3 rings (SSSR count). The van der Waals surface area contributed by atoms with E-state index in [9.17, 15) is 9.59 Å². The molecule has 0 aliphatic carbocycles. The summed E-state index contributed by atoms with van der Waals surface area (Å²) >= 11 is 0. The van der Waals surface area contributed by atoms with Crippen molar-refractivity contribution in [1.29, 1.82) is 0 Å². The first-order valence-electron chi connectivity index (χ1n) is 8.35. The summed E-state index contributed by atoms with van der Waals surface area (Å²) in [5.74, 6) is 0.567. The highest BCUT2D eigenvalue weighted by molar-refractivity contribution is 5.94. The molecule has 1 saturated heterocycles. The molecule has 130 valence electrons. The predicted octanol–water partition coefficient (Wildman–Crippen LogP) is 2.06. The number of carbonyl (C=O) groups is 2. The van der Waals surface area contributed by atoms with Crippen molar-refractivity contribution in [2.45, 2.75) is 38.5 Å². The van der Waals surface area contributed by atoms with E-state index in [2.05, 4.69) is 15.6 Å². The van der Waals surface area contributed by atoms with Crippen LogP contribution >= 0.6 is 0 Å². The van der Waals surface area contributed by atoms with Crippen molar-refractivity contribution in [2.24, 2.45) is 0 Å². The van der Waals surface area contributed by atoms with Crippen LogP contribution in [0.5, 0.6) is 5.75 Å². The van der Waals surface area contributed by atoms with Crippen molar-refractivity contribution >= 4 is 11.8 Å². The number of benzene rings is 1. The smallest absolute Gasteiger partial charge is 0.251 e. The van der Waals surface area contributed by atoms with Crippen LogP contribution in [0.1, 0.15) is 35.8 Å². The predicted molar refractivity (Wildman–Crippen MR) is 93.1 cm³/mol. The number of hydrogen-bond acceptors (Lipinski definition) is 4. The Bertz CT molecular complexity index is 731. The van der Waals surface area contributed by atoms with Crippen molar-refractivity contribution in [3.8, 4) is 5.75 Å². The zero-order valence-electron chi connectivity index (χ0n) is 14.1. The summed E-state index contributed by atoms with van der Waals surface area (Å²) in [5.41, 5.74) is 1.41. The molecule has 2 aromatic rings. The van der Waals surface area contributed by atoms with E-state index in [1.807, 2.05) is 25.1 Å². The van der Waals surface area contributed by atoms with Crippen LogP contribution in [0.4, 0.5) is 0 Å². The molecule has 6 nitrogen and oxygen atoms in total. The van der Waals surface area contributed by atoms with Crippen molar-refractivity contribution < 1.29 is 14.3 Å². The number of amides is 2. The molecule has 2 heterocycles. The molecule has 2 amide bonds. The normalized spacial score (nSPS) is 19.8. The second-order valence-electron chi connectivity index (χ2n) is 6.11. The molecular weight excluding hydrogens is 318 g/mol. The zero-order valence-corrected chi connectivity index (χ0v) is 14.1. The van der Waals surface area contributed by atoms with E-state index >= 15 is 0 Å². The molecule has 0 radical (unpaired) electrons. The standard InChI is InChI=1S/C19H21N3O3/c1-13-17(9-10-18(23)21-13)22-19(24)14-5-7-16(8-6-14)25-12-15-4-2-3-11-20-15/h2-8,11,13,17H,9-10,12H2,1H3,(H,21,23)(H,22,24). The van der Waals surface area contributed by atoms with Crippen LogP contribution in [-0.4, -0.2) is 28.9 Å². The molecule has 2 unspecified atom stereocenters. The van der Waals surface area contributed by atoms with Gasteiger partial charge in [-0.1, -0.05) is 6.07 Å². The fourth-order valence-electron chi connectivity index (χ4n) is 2.76. The second kappa shape index (κ2) is 7.79. The topological polar surface area (TPSA) is 80.3 Å². The van der Waals surface area contributed by atoms with Gasteiger partial charge in [0.1, 0.15) is 12.4 Å². The van der Waals surface area contributed by atoms with Gasteiger partial charge in [0.15, 0.2) is 0 Å². The fraction of sp³-hybridized carbons (Fsp3) is 0.316.